The molecule has 8 heteroatoms. The van der Waals surface area contributed by atoms with Crippen molar-refractivity contribution in [2.45, 2.75) is 50.6 Å². The van der Waals surface area contributed by atoms with Gasteiger partial charge in [-0.15, -0.1) is 0 Å². The second-order valence-corrected chi connectivity index (χ2v) is 9.68. The van der Waals surface area contributed by atoms with Gasteiger partial charge < -0.3 is 15.7 Å². The van der Waals surface area contributed by atoms with E-state index in [1.165, 1.54) is 19.3 Å². The highest BCUT2D eigenvalue weighted by Gasteiger charge is 2.23. The predicted octanol–water partition coefficient (Wildman–Crippen LogP) is 5.04. The van der Waals surface area contributed by atoms with Crippen molar-refractivity contribution in [3.05, 3.63) is 89.6 Å². The summed E-state index contributed by atoms with van der Waals surface area (Å²) in [6.07, 6.45) is 7.75. The fourth-order valence-electron chi connectivity index (χ4n) is 4.96. The van der Waals surface area contributed by atoms with Crippen molar-refractivity contribution in [3.63, 3.8) is 0 Å². The monoisotopic (exact) mass is 507 g/mol. The van der Waals surface area contributed by atoms with Gasteiger partial charge in [0.1, 0.15) is 23.2 Å². The molecule has 8 nitrogen and oxygen atoms in total. The third kappa shape index (κ3) is 5.52. The number of rotatable bonds is 8. The highest BCUT2D eigenvalue weighted by atomic mass is 16.4. The summed E-state index contributed by atoms with van der Waals surface area (Å²) in [6.45, 7) is 0. The van der Waals surface area contributed by atoms with Crippen molar-refractivity contribution in [1.82, 2.24) is 14.7 Å². The van der Waals surface area contributed by atoms with Gasteiger partial charge in [-0.05, 0) is 42.7 Å². The number of nitrogens with one attached hydrogen (secondary N) is 2. The van der Waals surface area contributed by atoms with Gasteiger partial charge in [-0.1, -0.05) is 61.7 Å². The number of aromatic nitrogens is 2. The number of carbonyl (C=O) groups excluding carboxylic acids is 1. The Kier molecular flexibility index (Phi) is 7.36. The van der Waals surface area contributed by atoms with Crippen molar-refractivity contribution in [2.75, 3.05) is 5.32 Å². The second-order valence-electron chi connectivity index (χ2n) is 9.68. The van der Waals surface area contributed by atoms with Crippen molar-refractivity contribution < 1.29 is 14.7 Å². The van der Waals surface area contributed by atoms with Gasteiger partial charge in [0.25, 0.3) is 5.91 Å². The fourth-order valence-corrected chi connectivity index (χ4v) is 4.96. The summed E-state index contributed by atoms with van der Waals surface area (Å²) in [5.41, 5.74) is 3.91. The lowest BCUT2D eigenvalue weighted by Gasteiger charge is -2.24. The number of fused-ring (bicyclic) bond motifs is 1. The molecular formula is C30H29N5O3. The maximum Gasteiger partial charge on any atom is 0.326 e. The molecule has 0 saturated heterocycles. The molecule has 0 spiro atoms. The average Bonchev–Trinajstić information content (AvgIpc) is 3.31. The lowest BCUT2D eigenvalue weighted by molar-refractivity contribution is -0.139. The Bertz CT molecular complexity index is 1480. The zero-order valence-electron chi connectivity index (χ0n) is 20.9. The van der Waals surface area contributed by atoms with Crippen molar-refractivity contribution in [1.29, 1.82) is 5.26 Å². The van der Waals surface area contributed by atoms with E-state index in [1.807, 2.05) is 46.9 Å². The van der Waals surface area contributed by atoms with Crippen LogP contribution in [0.2, 0.25) is 0 Å². The Morgan fingerprint density at radius 3 is 2.47 bits per heavy atom. The van der Waals surface area contributed by atoms with E-state index in [1.54, 1.807) is 30.5 Å². The Labute approximate surface area is 221 Å². The van der Waals surface area contributed by atoms with Gasteiger partial charge in [0, 0.05) is 29.8 Å². The van der Waals surface area contributed by atoms with Gasteiger partial charge in [0.05, 0.1) is 11.6 Å². The van der Waals surface area contributed by atoms with E-state index >= 15 is 0 Å². The first-order valence-corrected chi connectivity index (χ1v) is 12.9. The zero-order valence-corrected chi connectivity index (χ0v) is 20.9. The van der Waals surface area contributed by atoms with Crippen LogP contribution in [0.25, 0.3) is 16.9 Å². The normalized spacial score (nSPS) is 14.5. The number of hydrogen-bond acceptors (Lipinski definition) is 5. The lowest BCUT2D eigenvalue weighted by atomic mass is 9.95. The molecule has 0 radical (unpaired) electrons. The number of anilines is 1. The molecule has 1 aliphatic rings. The highest BCUT2D eigenvalue weighted by molar-refractivity contribution is 5.97. The molecule has 1 saturated carbocycles. The van der Waals surface area contributed by atoms with Gasteiger partial charge in [-0.3, -0.25) is 9.20 Å². The number of nitrogens with zero attached hydrogens (tertiary/aromatic N) is 3. The van der Waals surface area contributed by atoms with Gasteiger partial charge in [0.2, 0.25) is 0 Å². The molecule has 0 bridgehead atoms. The van der Waals surface area contributed by atoms with Crippen molar-refractivity contribution in [2.24, 2.45) is 0 Å². The predicted molar refractivity (Wildman–Crippen MR) is 145 cm³/mol. The zero-order chi connectivity index (χ0) is 26.5. The minimum Gasteiger partial charge on any atom is -0.480 e. The maximum absolute atomic E-state index is 13.1. The molecule has 0 aliphatic heterocycles. The molecule has 1 amide bonds. The summed E-state index contributed by atoms with van der Waals surface area (Å²) in [5, 5.41) is 25.2. The number of carboxylic acids is 1. The minimum absolute atomic E-state index is 0.186. The maximum atomic E-state index is 13.1. The molecule has 2 aromatic carbocycles. The van der Waals surface area contributed by atoms with Crippen LogP contribution in [0.3, 0.4) is 0 Å². The highest BCUT2D eigenvalue weighted by Crippen LogP contribution is 2.32. The molecule has 2 heterocycles. The molecule has 38 heavy (non-hydrogen) atoms. The number of aliphatic carboxylic acids is 1. The first kappa shape index (κ1) is 25.0. The van der Waals surface area contributed by atoms with E-state index in [-0.39, 0.29) is 6.42 Å². The Morgan fingerprint density at radius 1 is 1.05 bits per heavy atom. The van der Waals surface area contributed by atoms with Crippen LogP contribution in [0.15, 0.2) is 72.9 Å². The quantitative estimate of drug-likeness (QED) is 0.307. The van der Waals surface area contributed by atoms with Gasteiger partial charge in [0.15, 0.2) is 0 Å². The number of amides is 1. The lowest BCUT2D eigenvalue weighted by Crippen LogP contribution is -2.42. The third-order valence-corrected chi connectivity index (χ3v) is 7.01. The molecular weight excluding hydrogens is 478 g/mol. The Balaban J connectivity index is 1.45. The first-order valence-electron chi connectivity index (χ1n) is 12.9. The van der Waals surface area contributed by atoms with Crippen molar-refractivity contribution >= 4 is 23.3 Å². The van der Waals surface area contributed by atoms with E-state index in [4.69, 9.17) is 4.98 Å². The molecule has 5 rings (SSSR count). The van der Waals surface area contributed by atoms with E-state index in [0.29, 0.717) is 22.8 Å². The topological polar surface area (TPSA) is 120 Å². The first-order chi connectivity index (χ1) is 18.5. The fraction of sp³-hybridized carbons (Fsp3) is 0.267. The van der Waals surface area contributed by atoms with Gasteiger partial charge >= 0.3 is 5.97 Å². The number of benzene rings is 2. The van der Waals surface area contributed by atoms with Crippen LogP contribution in [0, 0.1) is 11.3 Å². The van der Waals surface area contributed by atoms with E-state index < -0.39 is 17.9 Å². The summed E-state index contributed by atoms with van der Waals surface area (Å²) in [6, 6.07) is 21.3. The number of hydrogen-bond donors (Lipinski definition) is 3. The second kappa shape index (κ2) is 11.2. The Hall–Kier alpha value is -4.64. The van der Waals surface area contributed by atoms with Crippen LogP contribution in [0.5, 0.6) is 0 Å². The molecule has 4 aromatic rings. The number of carbonyl (C=O) groups is 2. The third-order valence-electron chi connectivity index (χ3n) is 7.01. The molecule has 1 unspecified atom stereocenters. The Morgan fingerprint density at radius 2 is 1.79 bits per heavy atom. The molecule has 1 atom stereocenters. The smallest absolute Gasteiger partial charge is 0.326 e. The van der Waals surface area contributed by atoms with Crippen molar-refractivity contribution in [3.8, 4) is 17.3 Å². The van der Waals surface area contributed by atoms with Gasteiger partial charge in [-0.2, -0.15) is 5.26 Å². The van der Waals surface area contributed by atoms with Crippen LogP contribution in [0.4, 0.5) is 5.82 Å². The van der Waals surface area contributed by atoms with Crippen LogP contribution in [0.1, 0.15) is 53.6 Å². The van der Waals surface area contributed by atoms with Crippen LogP contribution < -0.4 is 10.6 Å². The minimum atomic E-state index is -1.09. The van der Waals surface area contributed by atoms with Crippen LogP contribution in [-0.4, -0.2) is 38.5 Å². The summed E-state index contributed by atoms with van der Waals surface area (Å²) < 4.78 is 1.93. The number of nitriles is 1. The number of imidazole rings is 1. The number of carboxylic acid groups (broad SMARTS) is 1. The van der Waals surface area contributed by atoms with E-state index in [2.05, 4.69) is 16.7 Å². The molecule has 3 N–H and O–H groups in total. The largest absolute Gasteiger partial charge is 0.480 e. The summed E-state index contributed by atoms with van der Waals surface area (Å²) >= 11 is 0. The molecule has 2 aromatic heterocycles. The van der Waals surface area contributed by atoms with Crippen LogP contribution in [-0.2, 0) is 11.2 Å². The van der Waals surface area contributed by atoms with Crippen LogP contribution >= 0.6 is 0 Å². The molecule has 1 fully saturated rings. The van der Waals surface area contributed by atoms with E-state index in [9.17, 15) is 20.0 Å². The average molecular weight is 508 g/mol. The van der Waals surface area contributed by atoms with E-state index in [0.717, 1.165) is 35.5 Å². The molecule has 1 aliphatic carbocycles. The summed E-state index contributed by atoms with van der Waals surface area (Å²) in [7, 11) is 0. The number of pyridine rings is 1. The van der Waals surface area contributed by atoms with Gasteiger partial charge in [-0.25, -0.2) is 9.78 Å². The SMILES string of the molecule is N#Cc1ccc(-c2nc3cc(C(=O)NC(Cc4ccccc4)C(=O)O)ccn3c2NC2CCCCC2)cc1. The summed E-state index contributed by atoms with van der Waals surface area (Å²) in [5.74, 6) is -0.720. The summed E-state index contributed by atoms with van der Waals surface area (Å²) in [4.78, 5) is 29.8. The molecule has 192 valence electrons. The standard InChI is InChI=1S/C30H29N5O3/c31-19-21-11-13-22(14-12-21)27-28(32-24-9-5-2-6-10-24)35-16-15-23(18-26(35)34-27)29(36)33-25(30(37)38)17-20-7-3-1-4-8-20/h1,3-4,7-8,11-16,18,24-25,32H,2,5-6,9-10,17H2,(H,33,36)(H,37,38).